The van der Waals surface area contributed by atoms with Crippen LogP contribution in [0.3, 0.4) is 0 Å². The van der Waals surface area contributed by atoms with Crippen molar-refractivity contribution >= 4 is 17.8 Å². The molecule has 1 aliphatic heterocycles. The van der Waals surface area contributed by atoms with Crippen molar-refractivity contribution in [3.05, 3.63) is 29.8 Å². The molecular formula is C21H30N2O5. The summed E-state index contributed by atoms with van der Waals surface area (Å²) in [5.41, 5.74) is -0.377. The van der Waals surface area contributed by atoms with Crippen molar-refractivity contribution in [2.75, 3.05) is 20.2 Å². The zero-order valence-corrected chi connectivity index (χ0v) is 17.0. The number of carboxylic acid groups (broad SMARTS) is 1. The number of carboxylic acids is 1. The average Bonchev–Trinajstić information content (AvgIpc) is 2.66. The van der Waals surface area contributed by atoms with Crippen LogP contribution in [0.2, 0.25) is 0 Å². The lowest BCUT2D eigenvalue weighted by Gasteiger charge is -2.36. The Morgan fingerprint density at radius 1 is 1.29 bits per heavy atom. The van der Waals surface area contributed by atoms with Crippen molar-refractivity contribution in [2.45, 2.75) is 45.6 Å². The molecule has 154 valence electrons. The summed E-state index contributed by atoms with van der Waals surface area (Å²) in [7, 11) is 1.54. The standard InChI is InChI=1S/C21H30N2O5/c1-14(2)20(27)23-10-8-15(9-11-23)19(26)22-21(3,13-18(24)25)16-6-5-7-17(12-16)28-4/h5-7,12,14-15H,8-11,13H2,1-4H3,(H,22,26)(H,24,25). The van der Waals surface area contributed by atoms with Gasteiger partial charge >= 0.3 is 5.97 Å². The van der Waals surface area contributed by atoms with Gasteiger partial charge in [0.15, 0.2) is 0 Å². The van der Waals surface area contributed by atoms with E-state index in [4.69, 9.17) is 4.74 Å². The largest absolute Gasteiger partial charge is 0.497 e. The van der Waals surface area contributed by atoms with Gasteiger partial charge in [-0.25, -0.2) is 0 Å². The van der Waals surface area contributed by atoms with E-state index in [-0.39, 0.29) is 30.1 Å². The van der Waals surface area contributed by atoms with Crippen LogP contribution in [0.4, 0.5) is 0 Å². The maximum Gasteiger partial charge on any atom is 0.306 e. The Labute approximate surface area is 166 Å². The SMILES string of the molecule is COc1cccc(C(C)(CC(=O)O)NC(=O)C2CCN(C(=O)C(C)C)CC2)c1. The number of aliphatic carboxylic acids is 1. The summed E-state index contributed by atoms with van der Waals surface area (Å²) in [4.78, 5) is 38.3. The van der Waals surface area contributed by atoms with E-state index in [0.29, 0.717) is 37.2 Å². The predicted octanol–water partition coefficient (Wildman–Crippen LogP) is 2.40. The minimum atomic E-state index is -1.05. The van der Waals surface area contributed by atoms with Gasteiger partial charge in [0.25, 0.3) is 0 Å². The summed E-state index contributed by atoms with van der Waals surface area (Å²) >= 11 is 0. The van der Waals surface area contributed by atoms with Gasteiger partial charge in [0.2, 0.25) is 11.8 Å². The van der Waals surface area contributed by atoms with Crippen LogP contribution in [0.15, 0.2) is 24.3 Å². The van der Waals surface area contributed by atoms with Crippen LogP contribution in [-0.2, 0) is 19.9 Å². The topological polar surface area (TPSA) is 95.9 Å². The van der Waals surface area contributed by atoms with Crippen LogP contribution in [0.25, 0.3) is 0 Å². The van der Waals surface area contributed by atoms with Gasteiger partial charge in [-0.3, -0.25) is 14.4 Å². The van der Waals surface area contributed by atoms with Crippen LogP contribution < -0.4 is 10.1 Å². The van der Waals surface area contributed by atoms with Gasteiger partial charge < -0.3 is 20.1 Å². The fourth-order valence-corrected chi connectivity index (χ4v) is 3.59. The van der Waals surface area contributed by atoms with Crippen molar-refractivity contribution in [1.29, 1.82) is 0 Å². The summed E-state index contributed by atoms with van der Waals surface area (Å²) in [5, 5.41) is 12.3. The highest BCUT2D eigenvalue weighted by Gasteiger charge is 2.35. The Morgan fingerprint density at radius 2 is 1.93 bits per heavy atom. The molecule has 7 nitrogen and oxygen atoms in total. The molecule has 1 aromatic carbocycles. The number of hydrogen-bond acceptors (Lipinski definition) is 4. The molecular weight excluding hydrogens is 360 g/mol. The molecule has 1 heterocycles. The van der Waals surface area contributed by atoms with Crippen LogP contribution in [-0.4, -0.2) is 48.0 Å². The third-order valence-corrected chi connectivity index (χ3v) is 5.28. The number of nitrogens with one attached hydrogen (secondary N) is 1. The maximum atomic E-state index is 12.9. The molecule has 28 heavy (non-hydrogen) atoms. The number of nitrogens with zero attached hydrogens (tertiary/aromatic N) is 1. The van der Waals surface area contributed by atoms with Crippen molar-refractivity contribution in [3.8, 4) is 5.75 Å². The van der Waals surface area contributed by atoms with Crippen molar-refractivity contribution < 1.29 is 24.2 Å². The summed E-state index contributed by atoms with van der Waals surface area (Å²) in [6, 6.07) is 7.08. The summed E-state index contributed by atoms with van der Waals surface area (Å²) in [5.74, 6) is -0.770. The number of amides is 2. The van der Waals surface area contributed by atoms with Gasteiger partial charge in [-0.2, -0.15) is 0 Å². The number of likely N-dealkylation sites (tertiary alicyclic amines) is 1. The van der Waals surface area contributed by atoms with Gasteiger partial charge in [0, 0.05) is 24.9 Å². The molecule has 1 aromatic rings. The second-order valence-electron chi connectivity index (χ2n) is 7.88. The van der Waals surface area contributed by atoms with E-state index in [2.05, 4.69) is 5.32 Å². The van der Waals surface area contributed by atoms with E-state index in [1.807, 2.05) is 13.8 Å². The van der Waals surface area contributed by atoms with Gasteiger partial charge in [-0.15, -0.1) is 0 Å². The summed E-state index contributed by atoms with van der Waals surface area (Å²) in [6.07, 6.45) is 0.910. The smallest absolute Gasteiger partial charge is 0.306 e. The molecule has 0 aliphatic carbocycles. The Balaban J connectivity index is 2.11. The summed E-state index contributed by atoms with van der Waals surface area (Å²) < 4.78 is 5.23. The molecule has 0 bridgehead atoms. The van der Waals surface area contributed by atoms with E-state index in [9.17, 15) is 19.5 Å². The van der Waals surface area contributed by atoms with Gasteiger partial charge in [-0.05, 0) is 37.5 Å². The fourth-order valence-electron chi connectivity index (χ4n) is 3.59. The highest BCUT2D eigenvalue weighted by molar-refractivity contribution is 5.82. The summed E-state index contributed by atoms with van der Waals surface area (Å²) in [6.45, 7) is 6.54. The second-order valence-corrected chi connectivity index (χ2v) is 7.88. The lowest BCUT2D eigenvalue weighted by molar-refractivity contribution is -0.141. The lowest BCUT2D eigenvalue weighted by Crippen LogP contribution is -2.50. The molecule has 1 unspecified atom stereocenters. The van der Waals surface area contributed by atoms with Crippen LogP contribution >= 0.6 is 0 Å². The molecule has 0 saturated carbocycles. The molecule has 0 aromatic heterocycles. The lowest BCUT2D eigenvalue weighted by atomic mass is 9.86. The van der Waals surface area contributed by atoms with Crippen molar-refractivity contribution in [2.24, 2.45) is 11.8 Å². The number of ether oxygens (including phenoxy) is 1. The third kappa shape index (κ3) is 5.24. The zero-order valence-electron chi connectivity index (χ0n) is 17.0. The van der Waals surface area contributed by atoms with Crippen LogP contribution in [0, 0.1) is 11.8 Å². The number of hydrogen-bond donors (Lipinski definition) is 2. The molecule has 2 amide bonds. The molecule has 1 saturated heterocycles. The molecule has 1 aliphatic rings. The number of rotatable bonds is 7. The Morgan fingerprint density at radius 3 is 2.46 bits per heavy atom. The normalized spacial score (nSPS) is 17.1. The first-order chi connectivity index (χ1) is 13.2. The minimum absolute atomic E-state index is 0.0581. The van der Waals surface area contributed by atoms with Gasteiger partial charge in [-0.1, -0.05) is 26.0 Å². The molecule has 0 radical (unpaired) electrons. The Hall–Kier alpha value is -2.57. The number of piperidine rings is 1. The fraction of sp³-hybridized carbons (Fsp3) is 0.571. The highest BCUT2D eigenvalue weighted by Crippen LogP contribution is 2.29. The van der Waals surface area contributed by atoms with E-state index >= 15 is 0 Å². The Bertz CT molecular complexity index is 725. The number of carbonyl (C=O) groups excluding carboxylic acids is 2. The maximum absolute atomic E-state index is 12.9. The molecule has 2 rings (SSSR count). The van der Waals surface area contributed by atoms with Crippen molar-refractivity contribution in [3.63, 3.8) is 0 Å². The monoisotopic (exact) mass is 390 g/mol. The molecule has 0 spiro atoms. The van der Waals surface area contributed by atoms with E-state index in [1.165, 1.54) is 0 Å². The number of benzene rings is 1. The predicted molar refractivity (Wildman–Crippen MR) is 105 cm³/mol. The zero-order chi connectivity index (χ0) is 20.9. The number of carbonyl (C=O) groups is 3. The first kappa shape index (κ1) is 21.7. The Kier molecular flexibility index (Phi) is 7.05. The average molecular weight is 390 g/mol. The first-order valence-electron chi connectivity index (χ1n) is 9.63. The van der Waals surface area contributed by atoms with Crippen LogP contribution in [0.1, 0.15) is 45.6 Å². The minimum Gasteiger partial charge on any atom is -0.497 e. The van der Waals surface area contributed by atoms with E-state index < -0.39 is 11.5 Å². The first-order valence-corrected chi connectivity index (χ1v) is 9.63. The molecule has 1 atom stereocenters. The highest BCUT2D eigenvalue weighted by atomic mass is 16.5. The molecule has 2 N–H and O–H groups in total. The van der Waals surface area contributed by atoms with Crippen LogP contribution in [0.5, 0.6) is 5.75 Å². The van der Waals surface area contributed by atoms with E-state index in [0.717, 1.165) is 0 Å². The van der Waals surface area contributed by atoms with Crippen molar-refractivity contribution in [1.82, 2.24) is 10.2 Å². The number of methoxy groups -OCH3 is 1. The molecule has 1 fully saturated rings. The van der Waals surface area contributed by atoms with E-state index in [1.54, 1.807) is 43.2 Å². The second kappa shape index (κ2) is 9.08. The van der Waals surface area contributed by atoms with Gasteiger partial charge in [0.1, 0.15) is 5.75 Å². The van der Waals surface area contributed by atoms with Gasteiger partial charge in [0.05, 0.1) is 19.1 Å². The quantitative estimate of drug-likeness (QED) is 0.745. The molecule has 7 heteroatoms. The third-order valence-electron chi connectivity index (χ3n) is 5.28.